The van der Waals surface area contributed by atoms with Crippen molar-refractivity contribution in [2.24, 2.45) is 7.05 Å². The predicted octanol–water partition coefficient (Wildman–Crippen LogP) is 3.28. The smallest absolute Gasteiger partial charge is 0.163 e. The Morgan fingerprint density at radius 2 is 2.00 bits per heavy atom. The van der Waals surface area contributed by atoms with Crippen molar-refractivity contribution >= 4 is 16.9 Å². The highest BCUT2D eigenvalue weighted by Gasteiger charge is 2.12. The summed E-state index contributed by atoms with van der Waals surface area (Å²) in [6.45, 7) is 2.63. The Bertz CT molecular complexity index is 983. The number of benzene rings is 1. The van der Waals surface area contributed by atoms with Gasteiger partial charge < -0.3 is 14.9 Å². The molecule has 0 spiro atoms. The fourth-order valence-corrected chi connectivity index (χ4v) is 2.72. The Kier molecular flexibility index (Phi) is 3.49. The molecule has 120 valence electrons. The van der Waals surface area contributed by atoms with Crippen LogP contribution in [0.3, 0.4) is 0 Å². The number of nitrogens with zero attached hydrogens (tertiary/aromatic N) is 4. The van der Waals surface area contributed by atoms with Crippen molar-refractivity contribution in [3.63, 3.8) is 0 Å². The van der Waals surface area contributed by atoms with Crippen molar-refractivity contribution in [2.45, 2.75) is 13.5 Å². The second-order valence-corrected chi connectivity index (χ2v) is 5.78. The van der Waals surface area contributed by atoms with Gasteiger partial charge in [0.2, 0.25) is 0 Å². The van der Waals surface area contributed by atoms with E-state index in [1.807, 2.05) is 55.1 Å². The molecule has 24 heavy (non-hydrogen) atoms. The van der Waals surface area contributed by atoms with E-state index < -0.39 is 0 Å². The van der Waals surface area contributed by atoms with Gasteiger partial charge in [0.05, 0.1) is 11.9 Å². The zero-order valence-electron chi connectivity index (χ0n) is 13.6. The molecule has 0 saturated carbocycles. The molecule has 1 aromatic carbocycles. The minimum Gasteiger partial charge on any atom is -0.362 e. The molecular weight excluding hydrogens is 300 g/mol. The van der Waals surface area contributed by atoms with Gasteiger partial charge in [-0.15, -0.1) is 0 Å². The van der Waals surface area contributed by atoms with Crippen LogP contribution in [0, 0.1) is 6.92 Å². The third-order valence-electron chi connectivity index (χ3n) is 3.99. The van der Waals surface area contributed by atoms with Crippen LogP contribution >= 0.6 is 0 Å². The Hall–Kier alpha value is -3.15. The summed E-state index contributed by atoms with van der Waals surface area (Å²) >= 11 is 0. The lowest BCUT2D eigenvalue weighted by Gasteiger charge is -2.09. The van der Waals surface area contributed by atoms with Crippen molar-refractivity contribution in [3.05, 3.63) is 60.3 Å². The highest BCUT2D eigenvalue weighted by atomic mass is 15.1. The lowest BCUT2D eigenvalue weighted by atomic mass is 10.2. The zero-order valence-corrected chi connectivity index (χ0v) is 13.6. The first-order valence-electron chi connectivity index (χ1n) is 7.83. The fourth-order valence-electron chi connectivity index (χ4n) is 2.72. The van der Waals surface area contributed by atoms with Crippen LogP contribution in [0.15, 0.2) is 48.8 Å². The third kappa shape index (κ3) is 2.62. The van der Waals surface area contributed by atoms with E-state index in [-0.39, 0.29) is 0 Å². The van der Waals surface area contributed by atoms with E-state index in [9.17, 15) is 0 Å². The van der Waals surface area contributed by atoms with Crippen molar-refractivity contribution in [2.75, 3.05) is 5.32 Å². The molecule has 0 unspecified atom stereocenters. The molecule has 3 aromatic heterocycles. The molecule has 0 atom stereocenters. The van der Waals surface area contributed by atoms with Crippen LogP contribution in [-0.2, 0) is 13.6 Å². The fraction of sp³-hybridized carbons (Fsp3) is 0.167. The van der Waals surface area contributed by atoms with Gasteiger partial charge in [-0.3, -0.25) is 0 Å². The molecular formula is C18H18N6. The van der Waals surface area contributed by atoms with Crippen LogP contribution in [0.1, 0.15) is 11.5 Å². The first-order valence-corrected chi connectivity index (χ1v) is 7.83. The van der Waals surface area contributed by atoms with Crippen LogP contribution in [0.4, 0.5) is 5.82 Å². The molecule has 6 nitrogen and oxygen atoms in total. The predicted molar refractivity (Wildman–Crippen MR) is 94.6 cm³/mol. The van der Waals surface area contributed by atoms with E-state index in [0.717, 1.165) is 33.9 Å². The molecule has 0 bridgehead atoms. The summed E-state index contributed by atoms with van der Waals surface area (Å²) in [6, 6.07) is 12.1. The summed E-state index contributed by atoms with van der Waals surface area (Å²) in [5, 5.41) is 4.39. The number of fused-ring (bicyclic) bond motifs is 1. The third-order valence-corrected chi connectivity index (χ3v) is 3.99. The van der Waals surface area contributed by atoms with Crippen molar-refractivity contribution in [1.29, 1.82) is 0 Å². The summed E-state index contributed by atoms with van der Waals surface area (Å²) < 4.78 is 1.99. The molecule has 4 aromatic rings. The topological polar surface area (TPSA) is 71.4 Å². The number of aromatic amines is 1. The van der Waals surface area contributed by atoms with Crippen LogP contribution in [0.25, 0.3) is 22.4 Å². The molecule has 0 radical (unpaired) electrons. The second-order valence-electron chi connectivity index (χ2n) is 5.78. The molecule has 0 aliphatic carbocycles. The van der Waals surface area contributed by atoms with Gasteiger partial charge in [0, 0.05) is 30.7 Å². The molecule has 0 aliphatic heterocycles. The maximum Gasteiger partial charge on any atom is 0.163 e. The van der Waals surface area contributed by atoms with Crippen LogP contribution in [0.2, 0.25) is 0 Å². The van der Waals surface area contributed by atoms with Crippen LogP contribution < -0.4 is 5.32 Å². The number of imidazole rings is 1. The maximum atomic E-state index is 4.73. The lowest BCUT2D eigenvalue weighted by molar-refractivity contribution is 0.811. The number of anilines is 1. The molecule has 0 saturated heterocycles. The Labute approximate surface area is 139 Å². The van der Waals surface area contributed by atoms with Gasteiger partial charge in [-0.2, -0.15) is 0 Å². The van der Waals surface area contributed by atoms with Crippen molar-refractivity contribution in [3.8, 4) is 11.4 Å². The Morgan fingerprint density at radius 3 is 2.75 bits per heavy atom. The first-order chi connectivity index (χ1) is 11.7. The number of rotatable bonds is 4. The van der Waals surface area contributed by atoms with Crippen LogP contribution in [0.5, 0.6) is 0 Å². The SMILES string of the molecule is Cc1cc2c(NCc3nccn3C)nc(-c3ccccc3)nc2[nH]1. The summed E-state index contributed by atoms with van der Waals surface area (Å²) in [5.41, 5.74) is 2.89. The summed E-state index contributed by atoms with van der Waals surface area (Å²) in [7, 11) is 1.98. The van der Waals surface area contributed by atoms with E-state index in [2.05, 4.69) is 26.3 Å². The highest BCUT2D eigenvalue weighted by Crippen LogP contribution is 2.25. The Balaban J connectivity index is 1.76. The summed E-state index contributed by atoms with van der Waals surface area (Å²) in [4.78, 5) is 17.0. The number of aromatic nitrogens is 5. The van der Waals surface area contributed by atoms with Gasteiger partial charge in [-0.25, -0.2) is 15.0 Å². The largest absolute Gasteiger partial charge is 0.362 e. The van der Waals surface area contributed by atoms with Gasteiger partial charge in [0.1, 0.15) is 17.3 Å². The van der Waals surface area contributed by atoms with Crippen molar-refractivity contribution < 1.29 is 0 Å². The van der Waals surface area contributed by atoms with Gasteiger partial charge in [0.25, 0.3) is 0 Å². The van der Waals surface area contributed by atoms with E-state index >= 15 is 0 Å². The van der Waals surface area contributed by atoms with E-state index in [1.54, 1.807) is 6.20 Å². The minimum atomic E-state index is 0.605. The number of hydrogen-bond acceptors (Lipinski definition) is 4. The average molecular weight is 318 g/mol. The zero-order chi connectivity index (χ0) is 16.5. The maximum absolute atomic E-state index is 4.73. The highest BCUT2D eigenvalue weighted by molar-refractivity contribution is 5.89. The molecule has 3 heterocycles. The van der Waals surface area contributed by atoms with Crippen molar-refractivity contribution in [1.82, 2.24) is 24.5 Å². The molecule has 6 heteroatoms. The first kappa shape index (κ1) is 14.4. The molecule has 0 aliphatic rings. The average Bonchev–Trinajstić information content (AvgIpc) is 3.17. The molecule has 0 fully saturated rings. The van der Waals surface area contributed by atoms with E-state index in [1.165, 1.54) is 0 Å². The number of nitrogens with one attached hydrogen (secondary N) is 2. The lowest BCUT2D eigenvalue weighted by Crippen LogP contribution is -2.08. The van der Waals surface area contributed by atoms with Gasteiger partial charge in [0.15, 0.2) is 5.82 Å². The van der Waals surface area contributed by atoms with E-state index in [4.69, 9.17) is 4.98 Å². The van der Waals surface area contributed by atoms with E-state index in [0.29, 0.717) is 12.4 Å². The molecule has 2 N–H and O–H groups in total. The number of H-pyrrole nitrogens is 1. The van der Waals surface area contributed by atoms with Gasteiger partial charge in [-0.05, 0) is 13.0 Å². The Morgan fingerprint density at radius 1 is 1.17 bits per heavy atom. The number of hydrogen-bond donors (Lipinski definition) is 2. The minimum absolute atomic E-state index is 0.605. The van der Waals surface area contributed by atoms with Crippen LogP contribution in [-0.4, -0.2) is 24.5 Å². The summed E-state index contributed by atoms with van der Waals surface area (Å²) in [5.74, 6) is 2.47. The standard InChI is InChI=1S/C18H18N6/c1-12-10-14-17(20-11-15-19-8-9-24(15)2)22-16(23-18(14)21-12)13-6-4-3-5-7-13/h3-10H,11H2,1-2H3,(H2,20,21,22,23). The van der Waals surface area contributed by atoms with Gasteiger partial charge in [-0.1, -0.05) is 30.3 Å². The molecule has 4 rings (SSSR count). The molecule has 0 amide bonds. The quantitative estimate of drug-likeness (QED) is 0.606. The second kappa shape index (κ2) is 5.81. The summed E-state index contributed by atoms with van der Waals surface area (Å²) in [6.07, 6.45) is 3.73. The normalized spacial score (nSPS) is 11.1. The van der Waals surface area contributed by atoms with Gasteiger partial charge >= 0.3 is 0 Å². The monoisotopic (exact) mass is 318 g/mol. The number of aryl methyl sites for hydroxylation is 2.